The number of hydrogen-bond donors (Lipinski definition) is 1. The quantitative estimate of drug-likeness (QED) is 0.800. The maximum atomic E-state index is 12.0. The van der Waals surface area contributed by atoms with Gasteiger partial charge in [-0.2, -0.15) is 16.4 Å². The average Bonchev–Trinajstić information content (AvgIpc) is 3.13. The van der Waals surface area contributed by atoms with Gasteiger partial charge in [0.15, 0.2) is 0 Å². The van der Waals surface area contributed by atoms with Gasteiger partial charge in [-0.25, -0.2) is 0 Å². The lowest BCUT2D eigenvalue weighted by atomic mass is 10.2. The summed E-state index contributed by atoms with van der Waals surface area (Å²) in [6.45, 7) is 4.65. The number of nitrogens with one attached hydrogen (secondary N) is 1. The summed E-state index contributed by atoms with van der Waals surface area (Å²) in [7, 11) is 0. The van der Waals surface area contributed by atoms with Crippen LogP contribution in [0.2, 0.25) is 0 Å². The molecule has 3 aromatic rings. The Hall–Kier alpha value is -2.14. The summed E-state index contributed by atoms with van der Waals surface area (Å²) < 4.78 is 2.00. The Morgan fingerprint density at radius 2 is 2.14 bits per heavy atom. The monoisotopic (exact) mass is 299 g/mol. The van der Waals surface area contributed by atoms with Gasteiger partial charge in [0, 0.05) is 22.4 Å². The minimum Gasteiger partial charge on any atom is -0.346 e. The molecule has 21 heavy (non-hydrogen) atoms. The van der Waals surface area contributed by atoms with Crippen molar-refractivity contribution in [2.75, 3.05) is 0 Å². The smallest absolute Gasteiger partial charge is 0.252 e. The number of carbonyl (C=O) groups excluding carboxylic acids is 1. The van der Waals surface area contributed by atoms with E-state index < -0.39 is 0 Å². The first-order chi connectivity index (χ1) is 10.2. The van der Waals surface area contributed by atoms with E-state index >= 15 is 0 Å². The van der Waals surface area contributed by atoms with E-state index in [-0.39, 0.29) is 11.9 Å². The molecule has 2 aromatic heterocycles. The average molecular weight is 299 g/mol. The lowest BCUT2D eigenvalue weighted by Crippen LogP contribution is -2.22. The SMILES string of the molecule is CC(C)n1nc(CNC(=O)c2ccsc2)c2ccccc21. The molecule has 0 atom stereocenters. The first kappa shape index (κ1) is 13.8. The van der Waals surface area contributed by atoms with Crippen LogP contribution in [-0.4, -0.2) is 15.7 Å². The summed E-state index contributed by atoms with van der Waals surface area (Å²) in [5, 5.41) is 12.4. The molecule has 4 nitrogen and oxygen atoms in total. The van der Waals surface area contributed by atoms with Crippen molar-refractivity contribution in [2.24, 2.45) is 0 Å². The van der Waals surface area contributed by atoms with Crippen molar-refractivity contribution in [1.29, 1.82) is 0 Å². The number of aromatic nitrogens is 2. The molecule has 0 aliphatic rings. The second-order valence-corrected chi connectivity index (χ2v) is 5.98. The van der Waals surface area contributed by atoms with E-state index in [2.05, 4.69) is 30.3 Å². The Kier molecular flexibility index (Phi) is 3.75. The summed E-state index contributed by atoms with van der Waals surface area (Å²) in [5.41, 5.74) is 2.71. The van der Waals surface area contributed by atoms with Crippen LogP contribution in [0.1, 0.15) is 35.9 Å². The molecular weight excluding hydrogens is 282 g/mol. The molecule has 0 saturated heterocycles. The van der Waals surface area contributed by atoms with E-state index in [1.165, 1.54) is 11.3 Å². The number of hydrogen-bond acceptors (Lipinski definition) is 3. The van der Waals surface area contributed by atoms with Crippen LogP contribution in [0, 0.1) is 0 Å². The molecule has 2 heterocycles. The highest BCUT2D eigenvalue weighted by Crippen LogP contribution is 2.21. The minimum atomic E-state index is -0.0561. The topological polar surface area (TPSA) is 46.9 Å². The van der Waals surface area contributed by atoms with E-state index in [1.807, 2.05) is 39.7 Å². The van der Waals surface area contributed by atoms with E-state index in [0.29, 0.717) is 12.1 Å². The standard InChI is InChI=1S/C16H17N3OS/c1-11(2)19-15-6-4-3-5-13(15)14(18-19)9-17-16(20)12-7-8-21-10-12/h3-8,10-11H,9H2,1-2H3,(H,17,20). The lowest BCUT2D eigenvalue weighted by Gasteiger charge is -2.06. The molecule has 1 amide bonds. The van der Waals surface area contributed by atoms with Crippen LogP contribution < -0.4 is 5.32 Å². The largest absolute Gasteiger partial charge is 0.346 e. The number of fused-ring (bicyclic) bond motifs is 1. The third-order valence-electron chi connectivity index (χ3n) is 3.38. The predicted molar refractivity (Wildman–Crippen MR) is 85.6 cm³/mol. The van der Waals surface area contributed by atoms with Gasteiger partial charge in [-0.3, -0.25) is 9.48 Å². The maximum Gasteiger partial charge on any atom is 0.252 e. The van der Waals surface area contributed by atoms with Crippen molar-refractivity contribution in [1.82, 2.24) is 15.1 Å². The zero-order chi connectivity index (χ0) is 14.8. The van der Waals surface area contributed by atoms with Gasteiger partial charge in [-0.15, -0.1) is 0 Å². The fraction of sp³-hybridized carbons (Fsp3) is 0.250. The van der Waals surface area contributed by atoms with Gasteiger partial charge in [0.05, 0.1) is 17.8 Å². The van der Waals surface area contributed by atoms with Gasteiger partial charge in [-0.05, 0) is 31.4 Å². The van der Waals surface area contributed by atoms with Crippen LogP contribution in [0.5, 0.6) is 0 Å². The van der Waals surface area contributed by atoms with Crippen molar-refractivity contribution >= 4 is 28.1 Å². The summed E-state index contributed by atoms with van der Waals surface area (Å²) in [4.78, 5) is 12.0. The van der Waals surface area contributed by atoms with Crippen LogP contribution >= 0.6 is 11.3 Å². The Morgan fingerprint density at radius 1 is 1.33 bits per heavy atom. The third-order valence-corrected chi connectivity index (χ3v) is 4.06. The molecule has 108 valence electrons. The van der Waals surface area contributed by atoms with Crippen molar-refractivity contribution in [2.45, 2.75) is 26.4 Å². The highest BCUT2D eigenvalue weighted by Gasteiger charge is 2.13. The zero-order valence-electron chi connectivity index (χ0n) is 12.0. The second-order valence-electron chi connectivity index (χ2n) is 5.20. The number of nitrogens with zero attached hydrogens (tertiary/aromatic N) is 2. The van der Waals surface area contributed by atoms with Crippen molar-refractivity contribution in [3.63, 3.8) is 0 Å². The molecule has 0 unspecified atom stereocenters. The molecule has 0 spiro atoms. The molecule has 0 aliphatic carbocycles. The molecular formula is C16H17N3OS. The van der Waals surface area contributed by atoms with Crippen molar-refractivity contribution in [3.8, 4) is 0 Å². The fourth-order valence-electron chi connectivity index (χ4n) is 2.34. The molecule has 0 aliphatic heterocycles. The Balaban J connectivity index is 1.86. The van der Waals surface area contributed by atoms with E-state index in [0.717, 1.165) is 16.6 Å². The number of benzene rings is 1. The number of carbonyl (C=O) groups is 1. The first-order valence-electron chi connectivity index (χ1n) is 6.93. The highest BCUT2D eigenvalue weighted by atomic mass is 32.1. The van der Waals surface area contributed by atoms with Crippen LogP contribution in [0.3, 0.4) is 0 Å². The van der Waals surface area contributed by atoms with Gasteiger partial charge in [0.2, 0.25) is 0 Å². The maximum absolute atomic E-state index is 12.0. The first-order valence-corrected chi connectivity index (χ1v) is 7.87. The Labute approximate surface area is 127 Å². The number of amides is 1. The highest BCUT2D eigenvalue weighted by molar-refractivity contribution is 7.08. The number of rotatable bonds is 4. The van der Waals surface area contributed by atoms with Crippen LogP contribution in [0.4, 0.5) is 0 Å². The van der Waals surface area contributed by atoms with Gasteiger partial charge in [-0.1, -0.05) is 18.2 Å². The predicted octanol–water partition coefficient (Wildman–Crippen LogP) is 3.61. The Bertz CT molecular complexity index is 759. The van der Waals surface area contributed by atoms with Crippen LogP contribution in [-0.2, 0) is 6.54 Å². The number of para-hydroxylation sites is 1. The summed E-state index contributed by atoms with van der Waals surface area (Å²) in [5.74, 6) is -0.0561. The molecule has 1 aromatic carbocycles. The van der Waals surface area contributed by atoms with E-state index in [1.54, 1.807) is 0 Å². The summed E-state index contributed by atoms with van der Waals surface area (Å²) >= 11 is 1.52. The van der Waals surface area contributed by atoms with Gasteiger partial charge in [0.25, 0.3) is 5.91 Å². The second kappa shape index (κ2) is 5.69. The van der Waals surface area contributed by atoms with E-state index in [4.69, 9.17) is 0 Å². The number of thiophene rings is 1. The van der Waals surface area contributed by atoms with E-state index in [9.17, 15) is 4.79 Å². The lowest BCUT2D eigenvalue weighted by molar-refractivity contribution is 0.0951. The van der Waals surface area contributed by atoms with Crippen LogP contribution in [0.15, 0.2) is 41.1 Å². The molecule has 0 saturated carbocycles. The van der Waals surface area contributed by atoms with Crippen molar-refractivity contribution < 1.29 is 4.79 Å². The fourth-order valence-corrected chi connectivity index (χ4v) is 2.98. The Morgan fingerprint density at radius 3 is 2.86 bits per heavy atom. The molecule has 3 rings (SSSR count). The molecule has 0 bridgehead atoms. The van der Waals surface area contributed by atoms with Crippen molar-refractivity contribution in [3.05, 3.63) is 52.3 Å². The molecule has 5 heteroatoms. The van der Waals surface area contributed by atoms with Gasteiger partial charge >= 0.3 is 0 Å². The van der Waals surface area contributed by atoms with Gasteiger partial charge in [0.1, 0.15) is 0 Å². The third kappa shape index (κ3) is 2.69. The van der Waals surface area contributed by atoms with Crippen LogP contribution in [0.25, 0.3) is 10.9 Å². The molecule has 1 N–H and O–H groups in total. The van der Waals surface area contributed by atoms with Gasteiger partial charge < -0.3 is 5.32 Å². The minimum absolute atomic E-state index is 0.0561. The summed E-state index contributed by atoms with van der Waals surface area (Å²) in [6, 6.07) is 10.2. The summed E-state index contributed by atoms with van der Waals surface area (Å²) in [6.07, 6.45) is 0. The normalized spacial score (nSPS) is 11.2. The zero-order valence-corrected chi connectivity index (χ0v) is 12.9. The molecule has 0 radical (unpaired) electrons. The molecule has 0 fully saturated rings.